The average molecular weight is 486 g/mol. The van der Waals surface area contributed by atoms with Gasteiger partial charge in [-0.3, -0.25) is 0 Å². The predicted molar refractivity (Wildman–Crippen MR) is 132 cm³/mol. The summed E-state index contributed by atoms with van der Waals surface area (Å²) in [5.41, 5.74) is 4.18. The van der Waals surface area contributed by atoms with Gasteiger partial charge in [-0.2, -0.15) is 0 Å². The minimum Gasteiger partial charge on any atom is -0.494 e. The topological polar surface area (TPSA) is 67.8 Å². The van der Waals surface area contributed by atoms with Gasteiger partial charge in [0.25, 0.3) is 0 Å². The fourth-order valence-corrected chi connectivity index (χ4v) is 4.45. The van der Waals surface area contributed by atoms with Crippen molar-refractivity contribution in [3.63, 3.8) is 0 Å². The van der Waals surface area contributed by atoms with Gasteiger partial charge in [0.1, 0.15) is 11.9 Å². The fourth-order valence-electron chi connectivity index (χ4n) is 4.45. The number of aryl methyl sites for hydroxylation is 1. The second kappa shape index (κ2) is 10.9. The van der Waals surface area contributed by atoms with Crippen molar-refractivity contribution in [3.8, 4) is 11.5 Å². The van der Waals surface area contributed by atoms with Crippen LogP contribution in [0.5, 0.6) is 11.5 Å². The Bertz CT molecular complexity index is 1170. The zero-order chi connectivity index (χ0) is 23.5. The molecule has 0 bridgehead atoms. The highest BCUT2D eigenvalue weighted by Crippen LogP contribution is 2.40. The molecule has 3 aromatic carbocycles. The van der Waals surface area contributed by atoms with Crippen molar-refractivity contribution in [1.82, 2.24) is 5.32 Å². The largest absolute Gasteiger partial charge is 0.494 e. The Morgan fingerprint density at radius 3 is 2.68 bits per heavy atom. The van der Waals surface area contributed by atoms with Crippen LogP contribution in [0.25, 0.3) is 0 Å². The maximum atomic E-state index is 13.8. The Balaban J connectivity index is 0.00000324. The molecule has 0 aliphatic carbocycles. The number of carbonyl (C=O) groups is 1. The molecule has 1 aliphatic heterocycles. The van der Waals surface area contributed by atoms with Crippen molar-refractivity contribution < 1.29 is 23.8 Å². The number of hydrogen-bond acceptors (Lipinski definition) is 4. The number of ether oxygens (including phenoxy) is 2. The third-order valence-electron chi connectivity index (χ3n) is 6.30. The van der Waals surface area contributed by atoms with Crippen LogP contribution in [0.4, 0.5) is 4.39 Å². The van der Waals surface area contributed by atoms with Crippen molar-refractivity contribution in [1.29, 1.82) is 0 Å². The number of methoxy groups -OCH3 is 1. The van der Waals surface area contributed by atoms with E-state index in [9.17, 15) is 14.3 Å². The first-order valence-electron chi connectivity index (χ1n) is 11.0. The number of hydrogen-bond donors (Lipinski definition) is 2. The van der Waals surface area contributed by atoms with Gasteiger partial charge in [0.2, 0.25) is 0 Å². The highest BCUT2D eigenvalue weighted by atomic mass is 35.5. The molecular formula is C27H29ClFNO4. The monoisotopic (exact) mass is 485 g/mol. The summed E-state index contributed by atoms with van der Waals surface area (Å²) < 4.78 is 25.1. The van der Waals surface area contributed by atoms with Crippen LogP contribution in [0.15, 0.2) is 60.7 Å². The Morgan fingerprint density at radius 2 is 1.97 bits per heavy atom. The van der Waals surface area contributed by atoms with Crippen molar-refractivity contribution >= 4 is 18.4 Å². The molecule has 0 saturated heterocycles. The van der Waals surface area contributed by atoms with Crippen molar-refractivity contribution in [2.24, 2.45) is 0 Å². The average Bonchev–Trinajstić information content (AvgIpc) is 2.82. The number of carboxylic acid groups (broad SMARTS) is 1. The maximum Gasteiger partial charge on any atom is 0.335 e. The lowest BCUT2D eigenvalue weighted by atomic mass is 9.83. The standard InChI is InChI=1S/C27H28FNO4.ClH/c1-16-12-19(8-10-21(16)27(30)31)23-14-20(33-25-7-5-4-6-22(23)25)15-29-17(2)18-9-11-24(28)26(13-18)32-3;/h4-13,17,20,23,29H,14-15H2,1-3H3,(H,30,31);1H/t17?,20-,23+;/m1./s1. The highest BCUT2D eigenvalue weighted by molar-refractivity contribution is 5.89. The molecule has 0 radical (unpaired) electrons. The first-order valence-corrected chi connectivity index (χ1v) is 11.0. The van der Waals surface area contributed by atoms with Crippen LogP contribution < -0.4 is 14.8 Å². The highest BCUT2D eigenvalue weighted by Gasteiger charge is 2.30. The summed E-state index contributed by atoms with van der Waals surface area (Å²) in [6.07, 6.45) is 0.684. The van der Waals surface area contributed by atoms with E-state index in [2.05, 4.69) is 11.4 Å². The molecule has 1 aliphatic rings. The van der Waals surface area contributed by atoms with E-state index >= 15 is 0 Å². The van der Waals surface area contributed by atoms with Crippen LogP contribution in [-0.4, -0.2) is 30.8 Å². The summed E-state index contributed by atoms with van der Waals surface area (Å²) in [5, 5.41) is 12.9. The predicted octanol–water partition coefficient (Wildman–Crippen LogP) is 5.90. The van der Waals surface area contributed by atoms with Crippen LogP contribution in [0.3, 0.4) is 0 Å². The molecule has 34 heavy (non-hydrogen) atoms. The van der Waals surface area contributed by atoms with Gasteiger partial charge in [-0.05, 0) is 61.2 Å². The Labute approximate surface area is 205 Å². The number of nitrogens with one attached hydrogen (secondary N) is 1. The molecule has 1 heterocycles. The van der Waals surface area contributed by atoms with Gasteiger partial charge in [0.05, 0.1) is 12.7 Å². The SMILES string of the molecule is COc1cc(C(C)NC[C@H]2C[C@@H](c3ccc(C(=O)O)c(C)c3)c3ccccc3O2)ccc1F.Cl. The molecule has 4 rings (SSSR count). The Hall–Kier alpha value is -3.09. The Morgan fingerprint density at radius 1 is 1.21 bits per heavy atom. The van der Waals surface area contributed by atoms with Crippen LogP contribution in [0.2, 0.25) is 0 Å². The summed E-state index contributed by atoms with van der Waals surface area (Å²) in [6, 6.07) is 18.4. The number of carboxylic acids is 1. The van der Waals surface area contributed by atoms with E-state index in [0.717, 1.165) is 34.4 Å². The Kier molecular flexibility index (Phi) is 8.18. The number of para-hydroxylation sites is 1. The van der Waals surface area contributed by atoms with E-state index < -0.39 is 5.97 Å². The minimum atomic E-state index is -0.917. The summed E-state index contributed by atoms with van der Waals surface area (Å²) >= 11 is 0. The van der Waals surface area contributed by atoms with E-state index in [-0.39, 0.29) is 42.0 Å². The third-order valence-corrected chi connectivity index (χ3v) is 6.30. The van der Waals surface area contributed by atoms with Gasteiger partial charge in [0.15, 0.2) is 11.6 Å². The third kappa shape index (κ3) is 5.34. The molecule has 3 aromatic rings. The van der Waals surface area contributed by atoms with Crippen LogP contribution in [0, 0.1) is 12.7 Å². The van der Waals surface area contributed by atoms with E-state index in [0.29, 0.717) is 12.1 Å². The summed E-state index contributed by atoms with van der Waals surface area (Å²) in [5.74, 6) is -0.127. The van der Waals surface area contributed by atoms with Gasteiger partial charge >= 0.3 is 5.97 Å². The van der Waals surface area contributed by atoms with Crippen molar-refractivity contribution in [2.45, 2.75) is 38.3 Å². The molecule has 0 fully saturated rings. The molecule has 0 spiro atoms. The number of benzene rings is 3. The zero-order valence-corrected chi connectivity index (χ0v) is 20.2. The number of rotatable bonds is 7. The lowest BCUT2D eigenvalue weighted by molar-refractivity contribution is 0.0696. The lowest BCUT2D eigenvalue weighted by Crippen LogP contribution is -2.37. The molecule has 1 unspecified atom stereocenters. The van der Waals surface area contributed by atoms with Crippen LogP contribution in [-0.2, 0) is 0 Å². The summed E-state index contributed by atoms with van der Waals surface area (Å²) in [6.45, 7) is 4.46. The molecule has 2 N–H and O–H groups in total. The second-order valence-corrected chi connectivity index (χ2v) is 8.47. The normalized spacial score (nSPS) is 17.6. The number of aromatic carboxylic acids is 1. The van der Waals surface area contributed by atoms with Crippen LogP contribution >= 0.6 is 12.4 Å². The van der Waals surface area contributed by atoms with E-state index in [1.165, 1.54) is 13.2 Å². The van der Waals surface area contributed by atoms with Crippen LogP contribution in [0.1, 0.15) is 57.9 Å². The molecule has 0 saturated carbocycles. The zero-order valence-electron chi connectivity index (χ0n) is 19.4. The molecule has 5 nitrogen and oxygen atoms in total. The van der Waals surface area contributed by atoms with Gasteiger partial charge < -0.3 is 19.9 Å². The van der Waals surface area contributed by atoms with Gasteiger partial charge in [0, 0.05) is 24.1 Å². The fraction of sp³-hybridized carbons (Fsp3) is 0.296. The minimum absolute atomic E-state index is 0. The number of fused-ring (bicyclic) bond motifs is 1. The molecule has 0 amide bonds. The van der Waals surface area contributed by atoms with E-state index in [1.54, 1.807) is 18.2 Å². The van der Waals surface area contributed by atoms with Crippen molar-refractivity contribution in [3.05, 3.63) is 94.3 Å². The second-order valence-electron chi connectivity index (χ2n) is 8.47. The molecule has 180 valence electrons. The summed E-state index contributed by atoms with van der Waals surface area (Å²) in [7, 11) is 1.46. The molecular weight excluding hydrogens is 457 g/mol. The lowest BCUT2D eigenvalue weighted by Gasteiger charge is -2.33. The quantitative estimate of drug-likeness (QED) is 0.436. The first-order chi connectivity index (χ1) is 15.9. The van der Waals surface area contributed by atoms with Gasteiger partial charge in [-0.25, -0.2) is 9.18 Å². The van der Waals surface area contributed by atoms with Crippen molar-refractivity contribution in [2.75, 3.05) is 13.7 Å². The molecule has 0 aromatic heterocycles. The summed E-state index contributed by atoms with van der Waals surface area (Å²) in [4.78, 5) is 11.4. The van der Waals surface area contributed by atoms with Gasteiger partial charge in [-0.15, -0.1) is 12.4 Å². The molecule has 7 heteroatoms. The first kappa shape index (κ1) is 25.5. The van der Waals surface area contributed by atoms with Gasteiger partial charge in [-0.1, -0.05) is 36.4 Å². The smallest absolute Gasteiger partial charge is 0.335 e. The van der Waals surface area contributed by atoms with E-state index in [1.807, 2.05) is 44.2 Å². The molecule has 3 atom stereocenters. The maximum absolute atomic E-state index is 13.8. The number of halogens is 2. The van der Waals surface area contributed by atoms with E-state index in [4.69, 9.17) is 9.47 Å².